The van der Waals surface area contributed by atoms with Crippen LogP contribution in [0.15, 0.2) is 42.6 Å². The molecule has 0 spiro atoms. The van der Waals surface area contributed by atoms with Crippen LogP contribution in [0.3, 0.4) is 0 Å². The van der Waals surface area contributed by atoms with E-state index in [-0.39, 0.29) is 11.8 Å². The van der Waals surface area contributed by atoms with Crippen LogP contribution in [0.5, 0.6) is 0 Å². The summed E-state index contributed by atoms with van der Waals surface area (Å²) in [4.78, 5) is 15.7. The molecule has 0 saturated heterocycles. The molecule has 0 bridgehead atoms. The minimum absolute atomic E-state index is 0.0830. The third-order valence-electron chi connectivity index (χ3n) is 3.11. The van der Waals surface area contributed by atoms with Gasteiger partial charge in [-0.25, -0.2) is 9.67 Å². The third-order valence-corrected chi connectivity index (χ3v) is 3.36. The minimum atomic E-state index is -0.258. The van der Waals surface area contributed by atoms with E-state index in [0.29, 0.717) is 5.69 Å². The molecule has 0 radical (unpaired) electrons. The van der Waals surface area contributed by atoms with Gasteiger partial charge in [0, 0.05) is 5.39 Å². The van der Waals surface area contributed by atoms with Gasteiger partial charge in [0.05, 0.1) is 23.3 Å². The minimum Gasteiger partial charge on any atom is -0.324 e. The quantitative estimate of drug-likeness (QED) is 0.757. The van der Waals surface area contributed by atoms with E-state index in [1.165, 1.54) is 0 Å². The van der Waals surface area contributed by atoms with Crippen molar-refractivity contribution in [3.63, 3.8) is 0 Å². The van der Waals surface area contributed by atoms with Crippen molar-refractivity contribution in [1.29, 1.82) is 0 Å². The first kappa shape index (κ1) is 13.6. The maximum atomic E-state index is 11.3. The van der Waals surface area contributed by atoms with Crippen LogP contribution in [0.2, 0.25) is 0 Å². The number of rotatable bonds is 3. The maximum absolute atomic E-state index is 11.3. The van der Waals surface area contributed by atoms with Crippen LogP contribution in [0.4, 0.5) is 5.69 Å². The molecule has 0 atom stereocenters. The van der Waals surface area contributed by atoms with Gasteiger partial charge < -0.3 is 5.32 Å². The molecule has 3 aromatic rings. The summed E-state index contributed by atoms with van der Waals surface area (Å²) >= 11 is 5.49. The van der Waals surface area contributed by atoms with Gasteiger partial charge in [-0.3, -0.25) is 4.79 Å². The Balaban J connectivity index is 2.08. The normalized spacial score (nSPS) is 10.8. The van der Waals surface area contributed by atoms with Gasteiger partial charge in [0.1, 0.15) is 5.88 Å². The van der Waals surface area contributed by atoms with Crippen molar-refractivity contribution in [2.75, 3.05) is 11.2 Å². The van der Waals surface area contributed by atoms with Crippen LogP contribution >= 0.6 is 11.6 Å². The lowest BCUT2D eigenvalue weighted by Gasteiger charge is -2.04. The molecule has 5 nitrogen and oxygen atoms in total. The highest BCUT2D eigenvalue weighted by Crippen LogP contribution is 2.22. The number of halogens is 1. The predicted octanol–water partition coefficient (Wildman–Crippen LogP) is 2.91. The van der Waals surface area contributed by atoms with Gasteiger partial charge in [-0.05, 0) is 25.1 Å². The van der Waals surface area contributed by atoms with E-state index in [9.17, 15) is 4.79 Å². The van der Waals surface area contributed by atoms with Crippen LogP contribution < -0.4 is 5.32 Å². The largest absolute Gasteiger partial charge is 0.324 e. The van der Waals surface area contributed by atoms with Crippen LogP contribution in [0.1, 0.15) is 5.69 Å². The Hall–Kier alpha value is -2.40. The standard InChI is InChI=1S/C15H13ClN4O/c1-10-13-7-11(18-14(21)8-16)9-17-15(13)20(19-10)12-5-3-2-4-6-12/h2-7,9H,8H2,1H3,(H,18,21). The van der Waals surface area contributed by atoms with Gasteiger partial charge in [-0.2, -0.15) is 5.10 Å². The van der Waals surface area contributed by atoms with Crippen molar-refractivity contribution >= 4 is 34.2 Å². The van der Waals surface area contributed by atoms with E-state index in [4.69, 9.17) is 11.6 Å². The lowest BCUT2D eigenvalue weighted by atomic mass is 10.2. The second-order valence-corrected chi connectivity index (χ2v) is 4.88. The average Bonchev–Trinajstić information content (AvgIpc) is 2.85. The molecule has 1 N–H and O–H groups in total. The number of pyridine rings is 1. The molecule has 106 valence electrons. The van der Waals surface area contributed by atoms with Crippen molar-refractivity contribution in [1.82, 2.24) is 14.8 Å². The number of para-hydroxylation sites is 1. The van der Waals surface area contributed by atoms with Crippen molar-refractivity contribution in [3.8, 4) is 5.69 Å². The Bertz CT molecular complexity index is 798. The zero-order valence-electron chi connectivity index (χ0n) is 11.4. The second kappa shape index (κ2) is 5.54. The lowest BCUT2D eigenvalue weighted by Crippen LogP contribution is -2.12. The number of nitrogens with one attached hydrogen (secondary N) is 1. The van der Waals surface area contributed by atoms with Crippen LogP contribution in [0, 0.1) is 6.92 Å². The first-order chi connectivity index (χ1) is 10.2. The number of fused-ring (bicyclic) bond motifs is 1. The molecule has 0 saturated carbocycles. The number of hydrogen-bond donors (Lipinski definition) is 1. The van der Waals surface area contributed by atoms with E-state index in [1.54, 1.807) is 10.9 Å². The molecule has 6 heteroatoms. The van der Waals surface area contributed by atoms with Gasteiger partial charge >= 0.3 is 0 Å². The number of anilines is 1. The number of aromatic nitrogens is 3. The third kappa shape index (κ3) is 2.60. The van der Waals surface area contributed by atoms with Gasteiger partial charge in [-0.1, -0.05) is 18.2 Å². The summed E-state index contributed by atoms with van der Waals surface area (Å²) in [5, 5.41) is 8.10. The summed E-state index contributed by atoms with van der Waals surface area (Å²) in [5.74, 6) is -0.341. The average molecular weight is 301 g/mol. The van der Waals surface area contributed by atoms with Crippen LogP contribution in [-0.4, -0.2) is 26.6 Å². The number of alkyl halides is 1. The highest BCUT2D eigenvalue weighted by molar-refractivity contribution is 6.29. The summed E-state index contributed by atoms with van der Waals surface area (Å²) in [6, 6.07) is 11.7. The summed E-state index contributed by atoms with van der Waals surface area (Å²) in [5.41, 5.74) is 3.16. The number of benzene rings is 1. The number of carbonyl (C=O) groups excluding carboxylic acids is 1. The fraction of sp³-hybridized carbons (Fsp3) is 0.133. The molecule has 2 aromatic heterocycles. The smallest absolute Gasteiger partial charge is 0.239 e. The van der Waals surface area contributed by atoms with Crippen molar-refractivity contribution in [3.05, 3.63) is 48.3 Å². The molecule has 2 heterocycles. The number of carbonyl (C=O) groups is 1. The van der Waals surface area contributed by atoms with Crippen molar-refractivity contribution in [2.45, 2.75) is 6.92 Å². The highest BCUT2D eigenvalue weighted by atomic mass is 35.5. The molecular formula is C15H13ClN4O. The number of hydrogen-bond acceptors (Lipinski definition) is 3. The first-order valence-corrected chi connectivity index (χ1v) is 6.99. The van der Waals surface area contributed by atoms with Gasteiger partial charge in [0.25, 0.3) is 0 Å². The van der Waals surface area contributed by atoms with Gasteiger partial charge in [0.2, 0.25) is 5.91 Å². The van der Waals surface area contributed by atoms with E-state index >= 15 is 0 Å². The Kier molecular flexibility index (Phi) is 3.58. The predicted molar refractivity (Wildman–Crippen MR) is 83.0 cm³/mol. The Morgan fingerprint density at radius 1 is 1.33 bits per heavy atom. The molecule has 0 unspecified atom stereocenters. The highest BCUT2D eigenvalue weighted by Gasteiger charge is 2.11. The van der Waals surface area contributed by atoms with E-state index < -0.39 is 0 Å². The number of amides is 1. The Labute approximate surface area is 126 Å². The van der Waals surface area contributed by atoms with E-state index in [2.05, 4.69) is 15.4 Å². The lowest BCUT2D eigenvalue weighted by molar-refractivity contribution is -0.113. The van der Waals surface area contributed by atoms with Gasteiger partial charge in [-0.15, -0.1) is 11.6 Å². The van der Waals surface area contributed by atoms with Crippen molar-refractivity contribution < 1.29 is 4.79 Å². The van der Waals surface area contributed by atoms with E-state index in [0.717, 1.165) is 22.4 Å². The second-order valence-electron chi connectivity index (χ2n) is 4.61. The summed E-state index contributed by atoms with van der Waals surface area (Å²) in [6.07, 6.45) is 1.60. The molecular weight excluding hydrogens is 288 g/mol. The number of nitrogens with zero attached hydrogens (tertiary/aromatic N) is 3. The molecule has 0 aliphatic heterocycles. The van der Waals surface area contributed by atoms with Crippen LogP contribution in [0.25, 0.3) is 16.7 Å². The molecule has 1 amide bonds. The molecule has 0 fully saturated rings. The Morgan fingerprint density at radius 2 is 2.10 bits per heavy atom. The summed E-state index contributed by atoms with van der Waals surface area (Å²) in [7, 11) is 0. The molecule has 0 aliphatic carbocycles. The monoisotopic (exact) mass is 300 g/mol. The zero-order valence-corrected chi connectivity index (χ0v) is 12.1. The SMILES string of the molecule is Cc1nn(-c2ccccc2)c2ncc(NC(=O)CCl)cc12. The molecule has 1 aromatic carbocycles. The molecule has 3 rings (SSSR count). The topological polar surface area (TPSA) is 59.8 Å². The zero-order chi connectivity index (χ0) is 14.8. The molecule has 0 aliphatic rings. The fourth-order valence-corrected chi connectivity index (χ4v) is 2.22. The molecule has 21 heavy (non-hydrogen) atoms. The first-order valence-electron chi connectivity index (χ1n) is 6.45. The Morgan fingerprint density at radius 3 is 2.81 bits per heavy atom. The maximum Gasteiger partial charge on any atom is 0.239 e. The summed E-state index contributed by atoms with van der Waals surface area (Å²) in [6.45, 7) is 1.91. The number of aryl methyl sites for hydroxylation is 1. The summed E-state index contributed by atoms with van der Waals surface area (Å²) < 4.78 is 1.79. The van der Waals surface area contributed by atoms with E-state index in [1.807, 2.05) is 43.3 Å². The van der Waals surface area contributed by atoms with Gasteiger partial charge in [0.15, 0.2) is 5.65 Å². The van der Waals surface area contributed by atoms with Crippen LogP contribution in [-0.2, 0) is 4.79 Å². The fourth-order valence-electron chi connectivity index (χ4n) is 2.16. The van der Waals surface area contributed by atoms with Crippen molar-refractivity contribution in [2.24, 2.45) is 0 Å².